The van der Waals surface area contributed by atoms with Crippen LogP contribution in [0.25, 0.3) is 0 Å². The molecule has 2 heterocycles. The molecule has 3 N–H and O–H groups in total. The van der Waals surface area contributed by atoms with Gasteiger partial charge >= 0.3 is 0 Å². The largest absolute Gasteiger partial charge is 0.399 e. The van der Waals surface area contributed by atoms with Crippen LogP contribution in [0.4, 0.5) is 5.69 Å². The molecule has 0 saturated carbocycles. The smallest absolute Gasteiger partial charge is 0.243 e. The van der Waals surface area contributed by atoms with Crippen molar-refractivity contribution in [3.63, 3.8) is 0 Å². The molecule has 18 heavy (non-hydrogen) atoms. The molecule has 1 aromatic heterocycles. The van der Waals surface area contributed by atoms with Crippen LogP contribution in [-0.4, -0.2) is 34.3 Å². The fraction of sp³-hybridized carbons (Fsp3) is 0.417. The van der Waals surface area contributed by atoms with Crippen LogP contribution in [-0.2, 0) is 16.1 Å². The molecule has 0 radical (unpaired) electrons. The normalized spacial score (nSPS) is 20.8. The summed E-state index contributed by atoms with van der Waals surface area (Å²) in [5.74, 6) is -0.508. The Morgan fingerprint density at radius 1 is 1.56 bits per heavy atom. The van der Waals surface area contributed by atoms with E-state index in [9.17, 15) is 9.59 Å². The number of carbonyl (C=O) groups excluding carboxylic acids is 2. The molecule has 0 bridgehead atoms. The Kier molecular flexibility index (Phi) is 3.57. The van der Waals surface area contributed by atoms with Gasteiger partial charge in [0.15, 0.2) is 0 Å². The molecule has 1 atom stereocenters. The molecule has 0 aromatic carbocycles. The SMILES string of the molecule is CCC1C(=O)NC(=O)CN1Cc1cc(N)ccn1. The molecule has 0 aliphatic carbocycles. The first-order valence-corrected chi connectivity index (χ1v) is 5.88. The fourth-order valence-electron chi connectivity index (χ4n) is 2.12. The van der Waals surface area contributed by atoms with E-state index in [4.69, 9.17) is 5.73 Å². The van der Waals surface area contributed by atoms with Crippen molar-refractivity contribution < 1.29 is 9.59 Å². The van der Waals surface area contributed by atoms with Gasteiger partial charge in [0.05, 0.1) is 18.3 Å². The number of piperazine rings is 1. The van der Waals surface area contributed by atoms with Crippen LogP contribution in [0.2, 0.25) is 0 Å². The topological polar surface area (TPSA) is 88.3 Å². The number of nitrogen functional groups attached to an aromatic ring is 1. The Morgan fingerprint density at radius 2 is 2.33 bits per heavy atom. The van der Waals surface area contributed by atoms with Gasteiger partial charge in [-0.2, -0.15) is 0 Å². The van der Waals surface area contributed by atoms with E-state index in [-0.39, 0.29) is 24.4 Å². The van der Waals surface area contributed by atoms with Gasteiger partial charge < -0.3 is 5.73 Å². The van der Waals surface area contributed by atoms with E-state index in [1.807, 2.05) is 11.8 Å². The number of nitrogens with two attached hydrogens (primary N) is 1. The summed E-state index contributed by atoms with van der Waals surface area (Å²) in [6, 6.07) is 3.17. The highest BCUT2D eigenvalue weighted by atomic mass is 16.2. The summed E-state index contributed by atoms with van der Waals surface area (Å²) in [6.45, 7) is 2.57. The van der Waals surface area contributed by atoms with Gasteiger partial charge in [0.25, 0.3) is 0 Å². The second kappa shape index (κ2) is 5.14. The van der Waals surface area contributed by atoms with Crippen LogP contribution in [0.15, 0.2) is 18.3 Å². The van der Waals surface area contributed by atoms with Crippen LogP contribution in [0, 0.1) is 0 Å². The predicted molar refractivity (Wildman–Crippen MR) is 66.3 cm³/mol. The van der Waals surface area contributed by atoms with Crippen LogP contribution in [0.1, 0.15) is 19.0 Å². The molecule has 96 valence electrons. The van der Waals surface area contributed by atoms with Gasteiger partial charge in [-0.25, -0.2) is 0 Å². The average Bonchev–Trinajstić information content (AvgIpc) is 2.28. The van der Waals surface area contributed by atoms with Crippen molar-refractivity contribution in [2.45, 2.75) is 25.9 Å². The molecule has 1 saturated heterocycles. The minimum atomic E-state index is -0.286. The Bertz CT molecular complexity index is 475. The second-order valence-electron chi connectivity index (χ2n) is 4.32. The summed E-state index contributed by atoms with van der Waals surface area (Å²) in [6.07, 6.45) is 2.28. The van der Waals surface area contributed by atoms with Crippen LogP contribution >= 0.6 is 0 Å². The standard InChI is InChI=1S/C12H16N4O2/c1-2-10-12(18)15-11(17)7-16(10)6-9-5-8(13)3-4-14-9/h3-5,10H,2,6-7H2,1H3,(H2,13,14)(H,15,17,18). The first-order valence-electron chi connectivity index (χ1n) is 5.88. The zero-order chi connectivity index (χ0) is 13.1. The predicted octanol–water partition coefficient (Wildman–Crippen LogP) is -0.0992. The molecule has 6 nitrogen and oxygen atoms in total. The van der Waals surface area contributed by atoms with Crippen molar-refractivity contribution in [3.8, 4) is 0 Å². The number of amides is 2. The van der Waals surface area contributed by atoms with Crippen molar-refractivity contribution in [3.05, 3.63) is 24.0 Å². The fourth-order valence-corrected chi connectivity index (χ4v) is 2.12. The van der Waals surface area contributed by atoms with E-state index < -0.39 is 0 Å². The average molecular weight is 248 g/mol. The third kappa shape index (κ3) is 2.65. The summed E-state index contributed by atoms with van der Waals surface area (Å²) in [5, 5.41) is 2.34. The lowest BCUT2D eigenvalue weighted by Crippen LogP contribution is -2.57. The van der Waals surface area contributed by atoms with Crippen LogP contribution in [0.3, 0.4) is 0 Å². The highest BCUT2D eigenvalue weighted by Gasteiger charge is 2.32. The molecule has 1 unspecified atom stereocenters. The Balaban J connectivity index is 2.15. The molecule has 2 rings (SSSR count). The summed E-state index contributed by atoms with van der Waals surface area (Å²) in [4.78, 5) is 29.1. The van der Waals surface area contributed by atoms with Crippen molar-refractivity contribution in [1.82, 2.24) is 15.2 Å². The number of anilines is 1. The van der Waals surface area contributed by atoms with E-state index in [1.165, 1.54) is 0 Å². The third-order valence-electron chi connectivity index (χ3n) is 2.95. The van der Waals surface area contributed by atoms with Crippen molar-refractivity contribution >= 4 is 17.5 Å². The van der Waals surface area contributed by atoms with Gasteiger partial charge in [-0.3, -0.25) is 24.8 Å². The zero-order valence-corrected chi connectivity index (χ0v) is 10.2. The molecule has 6 heteroatoms. The Morgan fingerprint density at radius 3 is 3.00 bits per heavy atom. The third-order valence-corrected chi connectivity index (χ3v) is 2.95. The quantitative estimate of drug-likeness (QED) is 0.729. The molecule has 1 fully saturated rings. The van der Waals surface area contributed by atoms with Crippen LogP contribution < -0.4 is 11.1 Å². The number of imide groups is 1. The summed E-state index contributed by atoms with van der Waals surface area (Å²) in [7, 11) is 0. The first kappa shape index (κ1) is 12.5. The molecule has 1 aromatic rings. The summed E-state index contributed by atoms with van der Waals surface area (Å²) < 4.78 is 0. The van der Waals surface area contributed by atoms with Crippen molar-refractivity contribution in [2.75, 3.05) is 12.3 Å². The minimum Gasteiger partial charge on any atom is -0.399 e. The van der Waals surface area contributed by atoms with Crippen molar-refractivity contribution in [2.24, 2.45) is 0 Å². The van der Waals surface area contributed by atoms with Gasteiger partial charge in [-0.15, -0.1) is 0 Å². The number of rotatable bonds is 3. The Hall–Kier alpha value is -1.95. The number of hydrogen-bond donors (Lipinski definition) is 2. The van der Waals surface area contributed by atoms with E-state index in [0.717, 1.165) is 5.69 Å². The van der Waals surface area contributed by atoms with E-state index >= 15 is 0 Å². The van der Waals surface area contributed by atoms with Gasteiger partial charge in [0, 0.05) is 18.4 Å². The van der Waals surface area contributed by atoms with Gasteiger partial charge in [0.1, 0.15) is 0 Å². The molecule has 1 aliphatic heterocycles. The summed E-state index contributed by atoms with van der Waals surface area (Å²) >= 11 is 0. The summed E-state index contributed by atoms with van der Waals surface area (Å²) in [5.41, 5.74) is 7.07. The molecular weight excluding hydrogens is 232 g/mol. The lowest BCUT2D eigenvalue weighted by molar-refractivity contribution is -0.140. The first-order chi connectivity index (χ1) is 8.60. The maximum Gasteiger partial charge on any atom is 0.243 e. The number of hydrogen-bond acceptors (Lipinski definition) is 5. The minimum absolute atomic E-state index is 0.209. The number of carbonyl (C=O) groups is 2. The van der Waals surface area contributed by atoms with E-state index in [0.29, 0.717) is 18.7 Å². The van der Waals surface area contributed by atoms with Gasteiger partial charge in [-0.1, -0.05) is 6.92 Å². The number of nitrogens with zero attached hydrogens (tertiary/aromatic N) is 2. The lowest BCUT2D eigenvalue weighted by Gasteiger charge is -2.32. The Labute approximate surface area is 105 Å². The molecule has 2 amide bonds. The highest BCUT2D eigenvalue weighted by molar-refractivity contribution is 6.01. The van der Waals surface area contributed by atoms with Crippen molar-refractivity contribution in [1.29, 1.82) is 0 Å². The number of nitrogens with one attached hydrogen (secondary N) is 1. The van der Waals surface area contributed by atoms with E-state index in [1.54, 1.807) is 18.3 Å². The van der Waals surface area contributed by atoms with Gasteiger partial charge in [-0.05, 0) is 18.6 Å². The molecular formula is C12H16N4O2. The number of aromatic nitrogens is 1. The zero-order valence-electron chi connectivity index (χ0n) is 10.2. The lowest BCUT2D eigenvalue weighted by atomic mass is 10.1. The maximum atomic E-state index is 11.7. The van der Waals surface area contributed by atoms with Gasteiger partial charge in [0.2, 0.25) is 11.8 Å². The maximum absolute atomic E-state index is 11.7. The van der Waals surface area contributed by atoms with E-state index in [2.05, 4.69) is 10.3 Å². The molecule has 0 spiro atoms. The number of pyridine rings is 1. The highest BCUT2D eigenvalue weighted by Crippen LogP contribution is 2.14. The van der Waals surface area contributed by atoms with Crippen LogP contribution in [0.5, 0.6) is 0 Å². The molecule has 1 aliphatic rings. The second-order valence-corrected chi connectivity index (χ2v) is 4.32. The monoisotopic (exact) mass is 248 g/mol.